The lowest BCUT2D eigenvalue weighted by molar-refractivity contribution is -0.137. The molecule has 0 saturated heterocycles. The Morgan fingerprint density at radius 2 is 1.77 bits per heavy atom. The van der Waals surface area contributed by atoms with Crippen molar-refractivity contribution in [3.63, 3.8) is 0 Å². The van der Waals surface area contributed by atoms with E-state index in [1.807, 2.05) is 24.4 Å². The largest absolute Gasteiger partial charge is 0.416 e. The van der Waals surface area contributed by atoms with Gasteiger partial charge in [-0.1, -0.05) is 18.2 Å². The minimum absolute atomic E-state index is 0.529. The molecule has 0 atom stereocenters. The summed E-state index contributed by atoms with van der Waals surface area (Å²) >= 11 is 0. The third kappa shape index (κ3) is 2.72. The predicted molar refractivity (Wildman–Crippen MR) is 81.5 cm³/mol. The molecule has 0 fully saturated rings. The number of halogens is 3. The summed E-state index contributed by atoms with van der Waals surface area (Å²) in [5.74, 6) is 0. The number of aromatic nitrogens is 1. The molecule has 0 saturated carbocycles. The second-order valence-electron chi connectivity index (χ2n) is 5.19. The average molecular weight is 304 g/mol. The van der Waals surface area contributed by atoms with Crippen LogP contribution in [0.3, 0.4) is 0 Å². The van der Waals surface area contributed by atoms with Crippen molar-refractivity contribution in [1.82, 2.24) is 4.98 Å². The van der Waals surface area contributed by atoms with Crippen LogP contribution in [-0.2, 0) is 12.6 Å². The van der Waals surface area contributed by atoms with Crippen LogP contribution in [0.5, 0.6) is 0 Å². The summed E-state index contributed by atoms with van der Waals surface area (Å²) in [7, 11) is 0. The number of alkyl halides is 3. The third-order valence-electron chi connectivity index (χ3n) is 3.70. The molecule has 2 aromatic carbocycles. The number of H-pyrrole nitrogens is 1. The number of benzene rings is 2. The zero-order chi connectivity index (χ0) is 15.7. The van der Waals surface area contributed by atoms with Crippen LogP contribution in [0.2, 0.25) is 0 Å². The van der Waals surface area contributed by atoms with Gasteiger partial charge in [0.15, 0.2) is 0 Å². The lowest BCUT2D eigenvalue weighted by Crippen LogP contribution is -2.04. The van der Waals surface area contributed by atoms with Gasteiger partial charge in [-0.25, -0.2) is 0 Å². The second-order valence-corrected chi connectivity index (χ2v) is 5.19. The summed E-state index contributed by atoms with van der Waals surface area (Å²) in [4.78, 5) is 3.15. The van der Waals surface area contributed by atoms with Gasteiger partial charge in [-0.3, -0.25) is 0 Å². The Kier molecular flexibility index (Phi) is 3.66. The highest BCUT2D eigenvalue weighted by molar-refractivity contribution is 5.88. The molecule has 0 aliphatic carbocycles. The Bertz CT molecular complexity index is 803. The molecule has 3 rings (SSSR count). The van der Waals surface area contributed by atoms with Gasteiger partial charge in [-0.2, -0.15) is 13.2 Å². The molecular formula is C17H15F3N2. The van der Waals surface area contributed by atoms with Crippen LogP contribution in [0.1, 0.15) is 11.1 Å². The summed E-state index contributed by atoms with van der Waals surface area (Å²) in [6.45, 7) is 0.529. The number of hydrogen-bond donors (Lipinski definition) is 2. The van der Waals surface area contributed by atoms with Crippen molar-refractivity contribution >= 4 is 10.9 Å². The molecule has 22 heavy (non-hydrogen) atoms. The molecule has 114 valence electrons. The van der Waals surface area contributed by atoms with E-state index in [2.05, 4.69) is 4.98 Å². The third-order valence-corrected chi connectivity index (χ3v) is 3.70. The molecule has 1 aromatic heterocycles. The van der Waals surface area contributed by atoms with Crippen LogP contribution in [0.25, 0.3) is 22.0 Å². The molecule has 0 bridgehead atoms. The second kappa shape index (κ2) is 5.50. The van der Waals surface area contributed by atoms with Gasteiger partial charge in [-0.05, 0) is 53.9 Å². The molecule has 0 radical (unpaired) electrons. The van der Waals surface area contributed by atoms with E-state index >= 15 is 0 Å². The molecule has 5 heteroatoms. The molecule has 0 spiro atoms. The molecule has 0 aliphatic heterocycles. The Morgan fingerprint density at radius 3 is 2.50 bits per heavy atom. The van der Waals surface area contributed by atoms with Gasteiger partial charge < -0.3 is 10.7 Å². The maximum Gasteiger partial charge on any atom is 0.416 e. The van der Waals surface area contributed by atoms with Crippen LogP contribution < -0.4 is 5.73 Å². The Balaban J connectivity index is 2.08. The van der Waals surface area contributed by atoms with Gasteiger partial charge >= 0.3 is 6.18 Å². The molecule has 0 unspecified atom stereocenters. The van der Waals surface area contributed by atoms with Gasteiger partial charge in [-0.15, -0.1) is 0 Å². The first-order valence-corrected chi connectivity index (χ1v) is 6.97. The molecule has 1 heterocycles. The Labute approximate surface area is 125 Å². The van der Waals surface area contributed by atoms with Crippen molar-refractivity contribution in [3.05, 3.63) is 59.8 Å². The van der Waals surface area contributed by atoms with Gasteiger partial charge in [0.25, 0.3) is 0 Å². The van der Waals surface area contributed by atoms with Crippen LogP contribution >= 0.6 is 0 Å². The number of nitrogens with one attached hydrogen (secondary N) is 1. The van der Waals surface area contributed by atoms with E-state index in [1.54, 1.807) is 6.07 Å². The van der Waals surface area contributed by atoms with E-state index in [-0.39, 0.29) is 0 Å². The van der Waals surface area contributed by atoms with Gasteiger partial charge in [0.2, 0.25) is 0 Å². The number of aromatic amines is 1. The highest BCUT2D eigenvalue weighted by Crippen LogP contribution is 2.33. The molecule has 3 N–H and O–H groups in total. The van der Waals surface area contributed by atoms with Crippen molar-refractivity contribution in [3.8, 4) is 11.1 Å². The quantitative estimate of drug-likeness (QED) is 0.742. The predicted octanol–water partition coefficient (Wildman–Crippen LogP) is 4.35. The minimum atomic E-state index is -4.33. The fraction of sp³-hybridized carbons (Fsp3) is 0.176. The van der Waals surface area contributed by atoms with Crippen LogP contribution in [0.4, 0.5) is 13.2 Å². The number of nitrogens with two attached hydrogens (primary N) is 1. The van der Waals surface area contributed by atoms with Crippen molar-refractivity contribution < 1.29 is 13.2 Å². The zero-order valence-corrected chi connectivity index (χ0v) is 11.7. The number of hydrogen-bond acceptors (Lipinski definition) is 1. The van der Waals surface area contributed by atoms with Crippen LogP contribution in [0.15, 0.2) is 48.7 Å². The number of rotatable bonds is 3. The summed E-state index contributed by atoms with van der Waals surface area (Å²) in [5.41, 5.74) is 8.30. The molecule has 3 aromatic rings. The molecule has 0 aliphatic rings. The highest BCUT2D eigenvalue weighted by Gasteiger charge is 2.30. The Hall–Kier alpha value is -2.27. The lowest BCUT2D eigenvalue weighted by atomic mass is 10.00. The zero-order valence-electron chi connectivity index (χ0n) is 11.7. The topological polar surface area (TPSA) is 41.8 Å². The maximum absolute atomic E-state index is 12.8. The van der Waals surface area contributed by atoms with Crippen molar-refractivity contribution in [1.29, 1.82) is 0 Å². The van der Waals surface area contributed by atoms with E-state index in [9.17, 15) is 13.2 Å². The van der Waals surface area contributed by atoms with Crippen LogP contribution in [-0.4, -0.2) is 11.5 Å². The van der Waals surface area contributed by atoms with Crippen molar-refractivity contribution in [2.45, 2.75) is 12.6 Å². The first kappa shape index (κ1) is 14.7. The average Bonchev–Trinajstić information content (AvgIpc) is 2.89. The normalized spacial score (nSPS) is 12.0. The smallest absolute Gasteiger partial charge is 0.361 e. The molecule has 2 nitrogen and oxygen atoms in total. The van der Waals surface area contributed by atoms with Gasteiger partial charge in [0.1, 0.15) is 0 Å². The maximum atomic E-state index is 12.8. The standard InChI is InChI=1S/C17H15F3N2/c18-17(19,20)14-3-1-2-11(8-14)12-4-5-16-15(9-12)13(6-7-21)10-22-16/h1-5,8-10,22H,6-7,21H2. The van der Waals surface area contributed by atoms with Gasteiger partial charge in [0, 0.05) is 17.1 Å². The summed E-state index contributed by atoms with van der Waals surface area (Å²) in [6.07, 6.45) is -1.71. The van der Waals surface area contributed by atoms with Gasteiger partial charge in [0.05, 0.1) is 5.56 Å². The first-order valence-electron chi connectivity index (χ1n) is 6.97. The fourth-order valence-corrected chi connectivity index (χ4v) is 2.60. The van der Waals surface area contributed by atoms with E-state index in [4.69, 9.17) is 5.73 Å². The SMILES string of the molecule is NCCc1c[nH]c2ccc(-c3cccc(C(F)(F)F)c3)cc12. The summed E-state index contributed by atoms with van der Waals surface area (Å²) in [5, 5.41) is 1.00. The van der Waals surface area contributed by atoms with E-state index in [1.165, 1.54) is 12.1 Å². The summed E-state index contributed by atoms with van der Waals surface area (Å²) in [6, 6.07) is 11.0. The van der Waals surface area contributed by atoms with E-state index in [0.29, 0.717) is 12.1 Å². The van der Waals surface area contributed by atoms with E-state index < -0.39 is 11.7 Å². The highest BCUT2D eigenvalue weighted by atomic mass is 19.4. The molecular weight excluding hydrogens is 289 g/mol. The van der Waals surface area contributed by atoms with Crippen molar-refractivity contribution in [2.75, 3.05) is 6.54 Å². The van der Waals surface area contributed by atoms with Crippen molar-refractivity contribution in [2.24, 2.45) is 5.73 Å². The fourth-order valence-electron chi connectivity index (χ4n) is 2.60. The minimum Gasteiger partial charge on any atom is -0.361 e. The lowest BCUT2D eigenvalue weighted by Gasteiger charge is -2.09. The Morgan fingerprint density at radius 1 is 1.00 bits per heavy atom. The summed E-state index contributed by atoms with van der Waals surface area (Å²) < 4.78 is 38.5. The monoisotopic (exact) mass is 304 g/mol. The first-order chi connectivity index (χ1) is 10.5. The molecule has 0 amide bonds. The van der Waals surface area contributed by atoms with Crippen LogP contribution in [0, 0.1) is 0 Å². The van der Waals surface area contributed by atoms with E-state index in [0.717, 1.165) is 34.5 Å². The number of fused-ring (bicyclic) bond motifs is 1.